The second-order valence-corrected chi connectivity index (χ2v) is 12.5. The van der Waals surface area contributed by atoms with Gasteiger partial charge in [-0.1, -0.05) is 18.2 Å². The Hall–Kier alpha value is -4.25. The summed E-state index contributed by atoms with van der Waals surface area (Å²) in [5.74, 6) is 1.34. The lowest BCUT2D eigenvalue weighted by molar-refractivity contribution is -0.119. The van der Waals surface area contributed by atoms with Gasteiger partial charge in [0.15, 0.2) is 0 Å². The van der Waals surface area contributed by atoms with Crippen molar-refractivity contribution in [3.05, 3.63) is 54.2 Å². The maximum Gasteiger partial charge on any atom is 0.407 e. The van der Waals surface area contributed by atoms with Crippen LogP contribution in [-0.4, -0.2) is 102 Å². The van der Waals surface area contributed by atoms with E-state index in [0.717, 1.165) is 74.1 Å². The van der Waals surface area contributed by atoms with Gasteiger partial charge in [-0.15, -0.1) is 0 Å². The Kier molecular flexibility index (Phi) is 8.92. The van der Waals surface area contributed by atoms with E-state index in [-0.39, 0.29) is 30.2 Å². The van der Waals surface area contributed by atoms with Crippen molar-refractivity contribution in [2.24, 2.45) is 11.8 Å². The summed E-state index contributed by atoms with van der Waals surface area (Å²) >= 11 is 0. The van der Waals surface area contributed by atoms with Gasteiger partial charge in [-0.25, -0.2) is 14.8 Å². The summed E-state index contributed by atoms with van der Waals surface area (Å²) in [6, 6.07) is 13.4. The first-order chi connectivity index (χ1) is 21.3. The molecule has 1 aromatic carbocycles. The highest BCUT2D eigenvalue weighted by Gasteiger charge is 2.33. The van der Waals surface area contributed by atoms with Crippen LogP contribution in [-0.2, 0) is 4.79 Å². The third-order valence-corrected chi connectivity index (χ3v) is 9.45. The van der Waals surface area contributed by atoms with E-state index in [1.807, 2.05) is 48.7 Å². The summed E-state index contributed by atoms with van der Waals surface area (Å²) in [5.41, 5.74) is 2.95. The highest BCUT2D eigenvalue weighted by molar-refractivity contribution is 6.07. The molecule has 1 saturated carbocycles. The predicted molar refractivity (Wildman–Crippen MR) is 169 cm³/mol. The standard InChI is InChI=1S/C33H41N7O4/c1-38-12-14-39(15-13-38)30-11-10-24(19-34-30)29-17-27(26-4-2-3-5-28(26)37-29)32(42)36-18-22-6-8-23(9-7-22)21-40(33(43)44)25-16-31(41)35-20-25/h2-5,10-11,17,19,22-23,25H,6-9,12-16,18,20-21H2,1H3,(H,35,41)(H,36,42)(H,43,44)/t22?,23?,25-/m1/s1. The number of piperazine rings is 1. The Morgan fingerprint density at radius 3 is 2.48 bits per heavy atom. The molecule has 3 aromatic rings. The van der Waals surface area contributed by atoms with Crippen molar-refractivity contribution in [2.75, 3.05) is 57.8 Å². The van der Waals surface area contributed by atoms with Gasteiger partial charge >= 0.3 is 6.09 Å². The molecule has 2 saturated heterocycles. The molecule has 3 N–H and O–H groups in total. The monoisotopic (exact) mass is 599 g/mol. The van der Waals surface area contributed by atoms with Gasteiger partial charge in [0.05, 0.1) is 22.8 Å². The first-order valence-electron chi connectivity index (χ1n) is 15.7. The van der Waals surface area contributed by atoms with Crippen LogP contribution in [0.1, 0.15) is 42.5 Å². The van der Waals surface area contributed by atoms with Gasteiger partial charge in [0, 0.05) is 69.4 Å². The number of carbonyl (C=O) groups is 3. The number of likely N-dealkylation sites (N-methyl/N-ethyl adjacent to an activating group) is 1. The summed E-state index contributed by atoms with van der Waals surface area (Å²) in [6.07, 6.45) is 4.76. The molecule has 3 aliphatic rings. The number of amides is 3. The van der Waals surface area contributed by atoms with Crippen molar-refractivity contribution in [1.29, 1.82) is 0 Å². The van der Waals surface area contributed by atoms with Crippen LogP contribution < -0.4 is 15.5 Å². The van der Waals surface area contributed by atoms with Crippen LogP contribution >= 0.6 is 0 Å². The summed E-state index contributed by atoms with van der Waals surface area (Å²) in [7, 11) is 2.14. The second-order valence-electron chi connectivity index (χ2n) is 12.5. The molecule has 3 fully saturated rings. The molecule has 2 aliphatic heterocycles. The summed E-state index contributed by atoms with van der Waals surface area (Å²) < 4.78 is 0. The summed E-state index contributed by atoms with van der Waals surface area (Å²) in [5, 5.41) is 16.4. The minimum atomic E-state index is -0.966. The van der Waals surface area contributed by atoms with E-state index in [0.29, 0.717) is 36.8 Å². The van der Waals surface area contributed by atoms with Crippen LogP contribution in [0.25, 0.3) is 22.2 Å². The predicted octanol–water partition coefficient (Wildman–Crippen LogP) is 3.45. The molecular formula is C33H41N7O4. The number of carboxylic acid groups (broad SMARTS) is 1. The maximum absolute atomic E-state index is 13.6. The number of para-hydroxylation sites is 1. The molecular weight excluding hydrogens is 558 g/mol. The van der Waals surface area contributed by atoms with E-state index in [4.69, 9.17) is 9.97 Å². The Morgan fingerprint density at radius 2 is 1.80 bits per heavy atom. The highest BCUT2D eigenvalue weighted by atomic mass is 16.4. The average molecular weight is 600 g/mol. The average Bonchev–Trinajstić information content (AvgIpc) is 3.48. The molecule has 0 radical (unpaired) electrons. The topological polar surface area (TPSA) is 131 Å². The third-order valence-electron chi connectivity index (χ3n) is 9.45. The van der Waals surface area contributed by atoms with Gasteiger partial charge < -0.3 is 30.4 Å². The molecule has 1 aliphatic carbocycles. The zero-order valence-electron chi connectivity index (χ0n) is 25.2. The van der Waals surface area contributed by atoms with Crippen molar-refractivity contribution in [1.82, 2.24) is 30.4 Å². The number of rotatable bonds is 8. The molecule has 0 spiro atoms. The molecule has 3 amide bonds. The van der Waals surface area contributed by atoms with Gasteiger partial charge in [0.25, 0.3) is 5.91 Å². The van der Waals surface area contributed by atoms with Crippen molar-refractivity contribution >= 4 is 34.6 Å². The largest absolute Gasteiger partial charge is 0.465 e. The third kappa shape index (κ3) is 6.77. The molecule has 44 heavy (non-hydrogen) atoms. The van der Waals surface area contributed by atoms with E-state index in [1.165, 1.54) is 4.90 Å². The minimum Gasteiger partial charge on any atom is -0.465 e. The van der Waals surface area contributed by atoms with Gasteiger partial charge in [-0.2, -0.15) is 0 Å². The van der Waals surface area contributed by atoms with Gasteiger partial charge in [0.1, 0.15) is 5.82 Å². The number of nitrogens with one attached hydrogen (secondary N) is 2. The Morgan fingerprint density at radius 1 is 1.05 bits per heavy atom. The van der Waals surface area contributed by atoms with E-state index >= 15 is 0 Å². The van der Waals surface area contributed by atoms with Gasteiger partial charge in [0.2, 0.25) is 5.91 Å². The van der Waals surface area contributed by atoms with Crippen molar-refractivity contribution in [3.63, 3.8) is 0 Å². The van der Waals surface area contributed by atoms with Crippen LogP contribution in [0.3, 0.4) is 0 Å². The first kappa shape index (κ1) is 29.8. The van der Waals surface area contributed by atoms with Gasteiger partial charge in [-0.3, -0.25) is 9.59 Å². The maximum atomic E-state index is 13.6. The van der Waals surface area contributed by atoms with Crippen molar-refractivity contribution < 1.29 is 19.5 Å². The first-order valence-corrected chi connectivity index (χ1v) is 15.7. The smallest absolute Gasteiger partial charge is 0.407 e. The Labute approximate surface area is 257 Å². The van der Waals surface area contributed by atoms with E-state index in [2.05, 4.69) is 27.5 Å². The quantitative estimate of drug-likeness (QED) is 0.359. The normalized spacial score (nSPS) is 22.5. The number of carbonyl (C=O) groups excluding carboxylic acids is 2. The number of fused-ring (bicyclic) bond motifs is 1. The molecule has 0 bridgehead atoms. The van der Waals surface area contributed by atoms with Crippen molar-refractivity contribution in [2.45, 2.75) is 38.1 Å². The number of nitrogens with zero attached hydrogens (tertiary/aromatic N) is 5. The molecule has 232 valence electrons. The molecule has 11 nitrogen and oxygen atoms in total. The number of aromatic nitrogens is 2. The van der Waals surface area contributed by atoms with E-state index < -0.39 is 6.09 Å². The van der Waals surface area contributed by atoms with Crippen LogP contribution in [0, 0.1) is 11.8 Å². The molecule has 4 heterocycles. The number of hydrogen-bond acceptors (Lipinski definition) is 7. The molecule has 11 heteroatoms. The summed E-state index contributed by atoms with van der Waals surface area (Å²) in [4.78, 5) is 52.7. The lowest BCUT2D eigenvalue weighted by Crippen LogP contribution is -2.44. The number of anilines is 1. The molecule has 2 aromatic heterocycles. The Bertz CT molecular complexity index is 1500. The molecule has 0 unspecified atom stereocenters. The van der Waals surface area contributed by atoms with Crippen LogP contribution in [0.15, 0.2) is 48.7 Å². The fourth-order valence-corrected chi connectivity index (χ4v) is 6.69. The second kappa shape index (κ2) is 13.2. The van der Waals surface area contributed by atoms with Gasteiger partial charge in [-0.05, 0) is 68.8 Å². The van der Waals surface area contributed by atoms with Crippen LogP contribution in [0.2, 0.25) is 0 Å². The highest BCUT2D eigenvalue weighted by Crippen LogP contribution is 2.31. The fraction of sp³-hybridized carbons (Fsp3) is 0.485. The van der Waals surface area contributed by atoms with E-state index in [9.17, 15) is 19.5 Å². The number of benzene rings is 1. The van der Waals surface area contributed by atoms with Crippen LogP contribution in [0.5, 0.6) is 0 Å². The SMILES string of the molecule is CN1CCN(c2ccc(-c3cc(C(=O)NCC4CCC(CN(C(=O)O)[C@H]5CNC(=O)C5)CC4)c4ccccc4n3)cn2)CC1. The Balaban J connectivity index is 1.08. The lowest BCUT2D eigenvalue weighted by atomic mass is 9.81. The minimum absolute atomic E-state index is 0.0921. The number of hydrogen-bond donors (Lipinski definition) is 3. The molecule has 6 rings (SSSR count). The zero-order valence-corrected chi connectivity index (χ0v) is 25.2. The number of pyridine rings is 2. The summed E-state index contributed by atoms with van der Waals surface area (Å²) in [6.45, 7) is 5.33. The zero-order chi connectivity index (χ0) is 30.6. The van der Waals surface area contributed by atoms with E-state index in [1.54, 1.807) is 0 Å². The fourth-order valence-electron chi connectivity index (χ4n) is 6.69. The van der Waals surface area contributed by atoms with Crippen LogP contribution in [0.4, 0.5) is 10.6 Å². The lowest BCUT2D eigenvalue weighted by Gasteiger charge is -2.33. The van der Waals surface area contributed by atoms with Crippen molar-refractivity contribution in [3.8, 4) is 11.3 Å². The molecule has 1 atom stereocenters.